The average molecular weight is 543 g/mol. The second-order valence-corrected chi connectivity index (χ2v) is 11.4. The molecule has 3 aliphatic rings. The second kappa shape index (κ2) is 11.0. The van der Waals surface area contributed by atoms with Gasteiger partial charge in [-0.3, -0.25) is 4.79 Å². The van der Waals surface area contributed by atoms with E-state index in [4.69, 9.17) is 10.5 Å². The van der Waals surface area contributed by atoms with Crippen molar-refractivity contribution < 1.29 is 18.7 Å². The Hall–Kier alpha value is -3.78. The molecule has 40 heavy (non-hydrogen) atoms. The zero-order valence-corrected chi connectivity index (χ0v) is 22.6. The van der Waals surface area contributed by atoms with E-state index >= 15 is 0 Å². The second-order valence-electron chi connectivity index (χ2n) is 11.4. The van der Waals surface area contributed by atoms with Crippen molar-refractivity contribution in [3.05, 3.63) is 72.2 Å². The Labute approximate surface area is 233 Å². The maximum Gasteiger partial charge on any atom is 0.410 e. The lowest BCUT2D eigenvalue weighted by molar-refractivity contribution is -0.117. The zero-order valence-electron chi connectivity index (χ0n) is 22.6. The number of nitrogens with one attached hydrogen (secondary N) is 1. The highest BCUT2D eigenvalue weighted by Crippen LogP contribution is 2.40. The summed E-state index contributed by atoms with van der Waals surface area (Å²) in [5.74, 6) is 0.201. The number of carbonyl (C=O) groups excluding carboxylic acids is 2. The van der Waals surface area contributed by atoms with Gasteiger partial charge in [-0.2, -0.15) is 0 Å². The van der Waals surface area contributed by atoms with Crippen LogP contribution in [0.5, 0.6) is 0 Å². The summed E-state index contributed by atoms with van der Waals surface area (Å²) in [5.41, 5.74) is 10.2. The number of hydrogen-bond acceptors (Lipinski definition) is 5. The summed E-state index contributed by atoms with van der Waals surface area (Å²) in [4.78, 5) is 31.2. The molecule has 3 N–H and O–H groups in total. The van der Waals surface area contributed by atoms with Crippen molar-refractivity contribution in [3.8, 4) is 22.3 Å². The number of aromatic nitrogens is 1. The minimum absolute atomic E-state index is 0.109. The van der Waals surface area contributed by atoms with Gasteiger partial charge in [0.15, 0.2) is 0 Å². The SMILES string of the molecule is NC1(c2ccc(-c3cnc(NC(=O)CC4CCC(N5CCOC5=O)CC4)cc3-c3ccccc3F)cc2)CCC1. The summed E-state index contributed by atoms with van der Waals surface area (Å²) in [5, 5.41) is 2.94. The van der Waals surface area contributed by atoms with E-state index in [2.05, 4.69) is 22.4 Å². The van der Waals surface area contributed by atoms with Crippen LogP contribution in [0, 0.1) is 11.7 Å². The lowest BCUT2D eigenvalue weighted by Gasteiger charge is -2.38. The molecule has 3 fully saturated rings. The molecular formula is C32H35FN4O3. The highest BCUT2D eigenvalue weighted by atomic mass is 19.1. The number of rotatable bonds is 7. The predicted molar refractivity (Wildman–Crippen MR) is 152 cm³/mol. The van der Waals surface area contributed by atoms with Crippen molar-refractivity contribution in [1.82, 2.24) is 9.88 Å². The Kier molecular flexibility index (Phi) is 7.27. The van der Waals surface area contributed by atoms with Crippen LogP contribution in [0.15, 0.2) is 60.8 Å². The third-order valence-electron chi connectivity index (χ3n) is 8.88. The fraction of sp³-hybridized carbons (Fsp3) is 0.406. The number of cyclic esters (lactones) is 1. The summed E-state index contributed by atoms with van der Waals surface area (Å²) in [6.45, 7) is 1.11. The van der Waals surface area contributed by atoms with Crippen LogP contribution in [-0.2, 0) is 15.1 Å². The van der Waals surface area contributed by atoms with Crippen molar-refractivity contribution >= 4 is 17.8 Å². The molecule has 2 aromatic carbocycles. The molecule has 6 rings (SSSR count). The third kappa shape index (κ3) is 5.32. The fourth-order valence-electron chi connectivity index (χ4n) is 6.34. The zero-order chi connectivity index (χ0) is 27.7. The van der Waals surface area contributed by atoms with Gasteiger partial charge in [0, 0.05) is 35.3 Å². The van der Waals surface area contributed by atoms with E-state index in [9.17, 15) is 14.0 Å². The van der Waals surface area contributed by atoms with E-state index in [0.717, 1.165) is 61.6 Å². The smallest absolute Gasteiger partial charge is 0.410 e. The van der Waals surface area contributed by atoms with Crippen LogP contribution < -0.4 is 11.1 Å². The average Bonchev–Trinajstić information content (AvgIpc) is 3.38. The number of benzene rings is 2. The molecule has 2 aliphatic carbocycles. The van der Waals surface area contributed by atoms with Gasteiger partial charge >= 0.3 is 6.09 Å². The Balaban J connectivity index is 1.17. The maximum absolute atomic E-state index is 15.0. The number of nitrogens with zero attached hydrogens (tertiary/aromatic N) is 2. The number of pyridine rings is 1. The van der Waals surface area contributed by atoms with E-state index in [1.54, 1.807) is 30.5 Å². The number of carbonyl (C=O) groups is 2. The summed E-state index contributed by atoms with van der Waals surface area (Å²) >= 11 is 0. The van der Waals surface area contributed by atoms with E-state index in [-0.39, 0.29) is 35.3 Å². The monoisotopic (exact) mass is 542 g/mol. The van der Waals surface area contributed by atoms with Crippen molar-refractivity contribution in [2.45, 2.75) is 62.9 Å². The molecule has 208 valence electrons. The van der Waals surface area contributed by atoms with Crippen LogP contribution in [0.4, 0.5) is 15.0 Å². The standard InChI is InChI=1S/C32H35FN4O3/c33-28-5-2-1-4-25(28)26-19-29(35-20-27(26)22-8-10-23(11-9-22)32(34)14-3-15-32)36-30(38)18-21-6-12-24(13-7-21)37-16-17-40-31(37)39/h1-2,4-5,8-11,19-21,24H,3,6-7,12-18,34H2,(H,35,36,38). The molecular weight excluding hydrogens is 507 g/mol. The Morgan fingerprint density at radius 3 is 2.45 bits per heavy atom. The normalized spacial score (nSPS) is 21.9. The van der Waals surface area contributed by atoms with Crippen LogP contribution in [0.1, 0.15) is 56.9 Å². The molecule has 2 saturated carbocycles. The summed E-state index contributed by atoms with van der Waals surface area (Å²) in [7, 11) is 0. The van der Waals surface area contributed by atoms with Crippen LogP contribution in [0.2, 0.25) is 0 Å². The molecule has 0 atom stereocenters. The molecule has 0 bridgehead atoms. The highest BCUT2D eigenvalue weighted by molar-refractivity contribution is 5.92. The summed E-state index contributed by atoms with van der Waals surface area (Å²) < 4.78 is 20.0. The van der Waals surface area contributed by atoms with Gasteiger partial charge in [0.2, 0.25) is 5.91 Å². The molecule has 3 aromatic rings. The van der Waals surface area contributed by atoms with Crippen LogP contribution >= 0.6 is 0 Å². The Bertz CT molecular complexity index is 1400. The number of halogens is 1. The van der Waals surface area contributed by atoms with Gasteiger partial charge in [0.25, 0.3) is 0 Å². The molecule has 0 spiro atoms. The number of hydrogen-bond donors (Lipinski definition) is 2. The predicted octanol–water partition coefficient (Wildman–Crippen LogP) is 6.23. The van der Waals surface area contributed by atoms with Gasteiger partial charge in [0.05, 0.1) is 6.54 Å². The first-order valence-corrected chi connectivity index (χ1v) is 14.3. The largest absolute Gasteiger partial charge is 0.448 e. The van der Waals surface area contributed by atoms with Gasteiger partial charge in [0.1, 0.15) is 18.2 Å². The molecule has 2 amide bonds. The van der Waals surface area contributed by atoms with Gasteiger partial charge < -0.3 is 20.7 Å². The van der Waals surface area contributed by atoms with E-state index in [1.165, 1.54) is 6.07 Å². The topological polar surface area (TPSA) is 97.5 Å². The van der Waals surface area contributed by atoms with Crippen LogP contribution in [0.25, 0.3) is 22.3 Å². The lowest BCUT2D eigenvalue weighted by Crippen LogP contribution is -2.43. The number of amides is 2. The van der Waals surface area contributed by atoms with E-state index < -0.39 is 0 Å². The molecule has 1 saturated heterocycles. The Morgan fingerprint density at radius 1 is 1.05 bits per heavy atom. The van der Waals surface area contributed by atoms with Crippen LogP contribution in [-0.4, -0.2) is 41.1 Å². The van der Waals surface area contributed by atoms with E-state index in [1.807, 2.05) is 17.0 Å². The van der Waals surface area contributed by atoms with Crippen molar-refractivity contribution in [2.75, 3.05) is 18.5 Å². The fourth-order valence-corrected chi connectivity index (χ4v) is 6.34. The lowest BCUT2D eigenvalue weighted by atomic mass is 9.72. The van der Waals surface area contributed by atoms with Crippen molar-refractivity contribution in [3.63, 3.8) is 0 Å². The van der Waals surface area contributed by atoms with Crippen LogP contribution in [0.3, 0.4) is 0 Å². The molecule has 1 aliphatic heterocycles. The summed E-state index contributed by atoms with van der Waals surface area (Å²) in [6.07, 6.45) is 8.50. The van der Waals surface area contributed by atoms with Gasteiger partial charge in [-0.1, -0.05) is 42.5 Å². The number of anilines is 1. The molecule has 0 radical (unpaired) electrons. The Morgan fingerprint density at radius 2 is 1.80 bits per heavy atom. The summed E-state index contributed by atoms with van der Waals surface area (Å²) in [6, 6.07) is 16.7. The molecule has 2 heterocycles. The highest BCUT2D eigenvalue weighted by Gasteiger charge is 2.35. The minimum Gasteiger partial charge on any atom is -0.448 e. The number of ether oxygens (including phenoxy) is 1. The first kappa shape index (κ1) is 26.4. The quantitative estimate of drug-likeness (QED) is 0.369. The first-order chi connectivity index (χ1) is 19.4. The molecule has 1 aromatic heterocycles. The molecule has 7 nitrogen and oxygen atoms in total. The maximum atomic E-state index is 15.0. The minimum atomic E-state index is -0.335. The van der Waals surface area contributed by atoms with Crippen molar-refractivity contribution in [1.29, 1.82) is 0 Å². The van der Waals surface area contributed by atoms with Crippen molar-refractivity contribution in [2.24, 2.45) is 11.7 Å². The molecule has 0 unspecified atom stereocenters. The van der Waals surface area contributed by atoms with E-state index in [0.29, 0.717) is 36.5 Å². The van der Waals surface area contributed by atoms with Gasteiger partial charge in [-0.15, -0.1) is 0 Å². The number of nitrogens with two attached hydrogens (primary N) is 1. The first-order valence-electron chi connectivity index (χ1n) is 14.3. The molecule has 8 heteroatoms. The third-order valence-corrected chi connectivity index (χ3v) is 8.88. The van der Waals surface area contributed by atoms with Gasteiger partial charge in [-0.25, -0.2) is 14.2 Å². The van der Waals surface area contributed by atoms with Gasteiger partial charge in [-0.05, 0) is 79.7 Å².